The molecule has 144 valence electrons. The second-order valence-electron chi connectivity index (χ2n) is 5.87. The van der Waals surface area contributed by atoms with Crippen LogP contribution < -0.4 is 11.2 Å². The van der Waals surface area contributed by atoms with Crippen LogP contribution in [0.2, 0.25) is 0 Å². The molecule has 10 heteroatoms. The lowest BCUT2D eigenvalue weighted by atomic mass is 10.1. The monoisotopic (exact) mass is 383 g/mol. The minimum Gasteiger partial charge on any atom is -0.394 e. The zero-order valence-electron chi connectivity index (χ0n) is 20.7. The molecule has 0 aromatic heterocycles. The van der Waals surface area contributed by atoms with Crippen molar-refractivity contribution in [1.29, 1.82) is 0 Å². The molecule has 0 aliphatic carbocycles. The molecule has 0 amide bonds. The van der Waals surface area contributed by atoms with Gasteiger partial charge in [-0.05, 0) is 36.9 Å². The molecule has 3 atom stereocenters. The van der Waals surface area contributed by atoms with Crippen molar-refractivity contribution in [3.05, 3.63) is 44.1 Å². The van der Waals surface area contributed by atoms with Crippen LogP contribution in [0.15, 0.2) is 21.7 Å². The molecule has 0 fully saturated rings. The summed E-state index contributed by atoms with van der Waals surface area (Å²) >= 11 is 0. The smallest absolute Gasteiger partial charge is 0.349 e. The van der Waals surface area contributed by atoms with Gasteiger partial charge < -0.3 is 25.0 Å². The van der Waals surface area contributed by atoms with E-state index in [0.29, 0.717) is 0 Å². The van der Waals surface area contributed by atoms with Crippen molar-refractivity contribution in [2.24, 2.45) is 0 Å². The molecule has 0 saturated carbocycles. The van der Waals surface area contributed by atoms with Crippen LogP contribution in [-0.2, 0) is 6.54 Å². The average Bonchev–Trinajstić information content (AvgIpc) is 2.70. The maximum atomic E-state index is 12.4. The quantitative estimate of drug-likeness (QED) is 0.325. The van der Waals surface area contributed by atoms with Gasteiger partial charge in [-0.3, -0.25) is 9.78 Å². The highest BCUT2D eigenvalue weighted by Crippen LogP contribution is 2.24. The average molecular weight is 383 g/mol. The first-order chi connectivity index (χ1) is 15.6. The Labute approximate surface area is 162 Å². The molecule has 27 heavy (non-hydrogen) atoms. The van der Waals surface area contributed by atoms with Crippen molar-refractivity contribution in [1.82, 2.24) is 19.5 Å². The van der Waals surface area contributed by atoms with Crippen LogP contribution in [0.1, 0.15) is 20.7 Å². The molecule has 1 aromatic rings. The minimum absolute atomic E-state index is 0.327. The molecular formula is C17H20N4O6. The number of aryl methyl sites for hydroxylation is 1. The Morgan fingerprint density at radius 1 is 1.22 bits per heavy atom. The van der Waals surface area contributed by atoms with Gasteiger partial charge in [0.05, 0.1) is 25.6 Å². The van der Waals surface area contributed by atoms with Crippen molar-refractivity contribution in [3.8, 4) is 11.5 Å². The van der Waals surface area contributed by atoms with Gasteiger partial charge in [0.15, 0.2) is 11.5 Å². The summed E-state index contributed by atoms with van der Waals surface area (Å²) < 4.78 is 55.8. The Balaban J connectivity index is 2.50. The maximum Gasteiger partial charge on any atom is 0.349 e. The molecular weight excluding hydrogens is 356 g/mol. The number of rotatable bonds is 5. The molecule has 0 bridgehead atoms. The fourth-order valence-corrected chi connectivity index (χ4v) is 2.61. The van der Waals surface area contributed by atoms with E-state index in [1.54, 1.807) is 0 Å². The lowest BCUT2D eigenvalue weighted by Crippen LogP contribution is -2.42. The molecule has 2 aliphatic heterocycles. The molecule has 3 rings (SSSR count). The van der Waals surface area contributed by atoms with Gasteiger partial charge in [0.25, 0.3) is 5.56 Å². The number of aliphatic hydroxyl groups excluding tert-OH is 4. The van der Waals surface area contributed by atoms with E-state index in [9.17, 15) is 24.9 Å². The Kier molecular flexibility index (Phi) is 3.16. The first-order valence-electron chi connectivity index (χ1n) is 11.2. The second kappa shape index (κ2) is 7.16. The third kappa shape index (κ3) is 3.47. The van der Waals surface area contributed by atoms with Gasteiger partial charge >= 0.3 is 5.69 Å². The predicted molar refractivity (Wildman–Crippen MR) is 95.6 cm³/mol. The van der Waals surface area contributed by atoms with Gasteiger partial charge in [0.1, 0.15) is 18.3 Å². The Hall–Kier alpha value is -2.66. The van der Waals surface area contributed by atoms with Crippen LogP contribution >= 0.6 is 0 Å². The lowest BCUT2D eigenvalue weighted by molar-refractivity contribution is -0.0802. The Bertz CT molecular complexity index is 1320. The summed E-state index contributed by atoms with van der Waals surface area (Å²) in [7, 11) is 0. The minimum atomic E-state index is -3.07. The molecule has 10 nitrogen and oxygen atoms in total. The summed E-state index contributed by atoms with van der Waals surface area (Å²) in [6.07, 6.45) is -5.57. The highest BCUT2D eigenvalue weighted by atomic mass is 16.4. The number of H-pyrrole nitrogens is 1. The van der Waals surface area contributed by atoms with E-state index >= 15 is 0 Å². The van der Waals surface area contributed by atoms with Crippen molar-refractivity contribution in [3.63, 3.8) is 0 Å². The van der Waals surface area contributed by atoms with Gasteiger partial charge in [-0.15, -0.1) is 0 Å². The summed E-state index contributed by atoms with van der Waals surface area (Å²) in [6, 6.07) is 0.0328. The van der Waals surface area contributed by atoms with Crippen molar-refractivity contribution < 1.29 is 30.0 Å². The predicted octanol–water partition coefficient (Wildman–Crippen LogP) is -1.72. The molecule has 2 heterocycles. The second-order valence-corrected chi connectivity index (χ2v) is 5.87. The summed E-state index contributed by atoms with van der Waals surface area (Å²) in [4.78, 5) is 33.7. The number of nitrogens with one attached hydrogen (secondary N) is 1. The van der Waals surface area contributed by atoms with Crippen LogP contribution in [0.5, 0.6) is 0 Å². The highest BCUT2D eigenvalue weighted by molar-refractivity contribution is 5.81. The van der Waals surface area contributed by atoms with Gasteiger partial charge in [-0.2, -0.15) is 4.98 Å². The van der Waals surface area contributed by atoms with Gasteiger partial charge in [0, 0.05) is 8.22 Å². The molecule has 0 saturated heterocycles. The number of aromatic nitrogens is 4. The number of aliphatic hydroxyl groups is 4. The summed E-state index contributed by atoms with van der Waals surface area (Å²) in [5.74, 6) is -0.488. The lowest BCUT2D eigenvalue weighted by Gasteiger charge is -2.25. The van der Waals surface area contributed by atoms with Crippen LogP contribution in [0.25, 0.3) is 22.6 Å². The number of hydrogen-bond donors (Lipinski definition) is 5. The van der Waals surface area contributed by atoms with Gasteiger partial charge in [-0.1, -0.05) is 0 Å². The summed E-state index contributed by atoms with van der Waals surface area (Å²) in [5.41, 5.74) is -4.91. The number of fused-ring (bicyclic) bond motifs is 2. The molecule has 5 N–H and O–H groups in total. The molecule has 1 aromatic carbocycles. The Morgan fingerprint density at radius 2 is 1.96 bits per heavy atom. The third-order valence-corrected chi connectivity index (χ3v) is 3.99. The van der Waals surface area contributed by atoms with Crippen LogP contribution in [0, 0.1) is 13.7 Å². The fourth-order valence-electron chi connectivity index (χ4n) is 2.61. The van der Waals surface area contributed by atoms with Crippen LogP contribution in [0.3, 0.4) is 0 Å². The van der Waals surface area contributed by atoms with E-state index in [-0.39, 0.29) is 5.52 Å². The molecule has 0 unspecified atom stereocenters. The highest BCUT2D eigenvalue weighted by Gasteiger charge is 2.27. The molecule has 0 spiro atoms. The number of hydrogen-bond acceptors (Lipinski definition) is 8. The normalized spacial score (nSPS) is 19.9. The van der Waals surface area contributed by atoms with Crippen molar-refractivity contribution >= 4 is 11.0 Å². The van der Waals surface area contributed by atoms with Crippen LogP contribution in [-0.4, -0.2) is 64.9 Å². The largest absolute Gasteiger partial charge is 0.394 e. The van der Waals surface area contributed by atoms with E-state index < -0.39 is 90.6 Å². The van der Waals surface area contributed by atoms with E-state index in [1.807, 2.05) is 4.98 Å². The standard InChI is InChI=1S/C17H20N4O6/c1-7-3-9-10(4-8(7)2)21(5-11(23)14(25)12(24)6-22)15-13(18-9)16(26)20-17(27)19-15/h3-4,11-12,14,22-25H,5-6H2,1-2H3,(H,20,26,27)/t11-,12+,14-/m0/s1/i1D3,2D3,4D. The Morgan fingerprint density at radius 3 is 2.63 bits per heavy atom. The zero-order chi connectivity index (χ0) is 25.7. The molecule has 2 aliphatic rings. The summed E-state index contributed by atoms with van der Waals surface area (Å²) in [5, 5.41) is 39.1. The van der Waals surface area contributed by atoms with E-state index in [4.69, 9.17) is 14.7 Å². The number of benzene rings is 1. The first-order valence-corrected chi connectivity index (χ1v) is 7.72. The number of aromatic amines is 1. The fraction of sp³-hybridized carbons (Fsp3) is 0.412. The van der Waals surface area contributed by atoms with Gasteiger partial charge in [0.2, 0.25) is 0 Å². The SMILES string of the molecule is [2H]c1c(C([2H])([2H])[2H])c(C([2H])([2H])[2H])cc2nc3c(=O)[nH]c(=O)nc-3n(C[C@H](O)[C@H](O)[C@H](O)CO)c12. The summed E-state index contributed by atoms with van der Waals surface area (Å²) in [6.45, 7) is -7.71. The van der Waals surface area contributed by atoms with Gasteiger partial charge in [-0.25, -0.2) is 9.78 Å². The van der Waals surface area contributed by atoms with Crippen LogP contribution in [0.4, 0.5) is 0 Å². The zero-order valence-corrected chi connectivity index (χ0v) is 13.7. The maximum absolute atomic E-state index is 12.4. The third-order valence-electron chi connectivity index (χ3n) is 3.99. The van der Waals surface area contributed by atoms with E-state index in [2.05, 4.69) is 9.97 Å². The van der Waals surface area contributed by atoms with Crippen molar-refractivity contribution in [2.45, 2.75) is 38.6 Å². The number of nitrogens with zero attached hydrogens (tertiary/aromatic N) is 3. The molecule has 0 radical (unpaired) electrons. The van der Waals surface area contributed by atoms with Crippen molar-refractivity contribution in [2.75, 3.05) is 6.61 Å². The van der Waals surface area contributed by atoms with E-state index in [0.717, 1.165) is 10.6 Å². The topological polar surface area (TPSA) is 162 Å². The first kappa shape index (κ1) is 11.9. The van der Waals surface area contributed by atoms with E-state index in [1.165, 1.54) is 0 Å².